The largest absolute Gasteiger partial charge is 0.366 e. The molecule has 1 atom stereocenters. The topological polar surface area (TPSA) is 61.9 Å². The normalized spacial score (nSPS) is 21.7. The maximum absolute atomic E-state index is 12.4. The Labute approximate surface area is 142 Å². The molecular formula is C18H25N3O3. The summed E-state index contributed by atoms with van der Waals surface area (Å²) in [6.07, 6.45) is 1.72. The number of nitrogens with one attached hydrogen (secondary N) is 1. The molecular weight excluding hydrogens is 306 g/mol. The molecule has 0 aliphatic carbocycles. The third-order valence-corrected chi connectivity index (χ3v) is 4.54. The van der Waals surface area contributed by atoms with E-state index in [9.17, 15) is 9.59 Å². The van der Waals surface area contributed by atoms with Crippen molar-refractivity contribution >= 4 is 11.8 Å². The molecule has 2 aliphatic rings. The van der Waals surface area contributed by atoms with Gasteiger partial charge in [-0.25, -0.2) is 0 Å². The van der Waals surface area contributed by atoms with E-state index in [2.05, 4.69) is 5.32 Å². The van der Waals surface area contributed by atoms with Crippen molar-refractivity contribution in [2.45, 2.75) is 25.5 Å². The van der Waals surface area contributed by atoms with Crippen LogP contribution in [0.15, 0.2) is 30.3 Å². The number of rotatable bonds is 5. The number of amides is 2. The predicted molar refractivity (Wildman–Crippen MR) is 90.3 cm³/mol. The third-order valence-electron chi connectivity index (χ3n) is 4.54. The first-order chi connectivity index (χ1) is 11.7. The van der Waals surface area contributed by atoms with Crippen molar-refractivity contribution in [1.82, 2.24) is 15.1 Å². The molecule has 1 aromatic rings. The van der Waals surface area contributed by atoms with Gasteiger partial charge in [-0.05, 0) is 18.4 Å². The van der Waals surface area contributed by atoms with Gasteiger partial charge in [0.15, 0.2) is 0 Å². The summed E-state index contributed by atoms with van der Waals surface area (Å²) in [5.74, 6) is 0.0509. The number of carbonyl (C=O) groups excluding carboxylic acids is 2. The summed E-state index contributed by atoms with van der Waals surface area (Å²) in [7, 11) is 0. The Morgan fingerprint density at radius 1 is 1.12 bits per heavy atom. The molecule has 0 radical (unpaired) electrons. The molecule has 1 unspecified atom stereocenters. The zero-order valence-corrected chi connectivity index (χ0v) is 13.9. The summed E-state index contributed by atoms with van der Waals surface area (Å²) >= 11 is 0. The molecule has 0 saturated carbocycles. The smallest absolute Gasteiger partial charge is 0.253 e. The second kappa shape index (κ2) is 8.26. The Hall–Kier alpha value is -1.92. The molecule has 0 spiro atoms. The number of hydrogen-bond donors (Lipinski definition) is 1. The molecule has 0 aromatic heterocycles. The third kappa shape index (κ3) is 4.55. The van der Waals surface area contributed by atoms with E-state index >= 15 is 0 Å². The Morgan fingerprint density at radius 2 is 1.88 bits per heavy atom. The van der Waals surface area contributed by atoms with Crippen LogP contribution in [0, 0.1) is 0 Å². The lowest BCUT2D eigenvalue weighted by atomic mass is 10.2. The van der Waals surface area contributed by atoms with Crippen LogP contribution in [-0.4, -0.2) is 67.0 Å². The minimum Gasteiger partial charge on any atom is -0.366 e. The minimum atomic E-state index is -0.432. The van der Waals surface area contributed by atoms with Crippen LogP contribution in [0.5, 0.6) is 0 Å². The highest BCUT2D eigenvalue weighted by molar-refractivity contribution is 5.82. The van der Waals surface area contributed by atoms with Gasteiger partial charge in [-0.3, -0.25) is 14.5 Å². The number of nitrogens with zero attached hydrogens (tertiary/aromatic N) is 2. The van der Waals surface area contributed by atoms with E-state index in [0.29, 0.717) is 32.8 Å². The van der Waals surface area contributed by atoms with E-state index in [-0.39, 0.29) is 11.8 Å². The lowest BCUT2D eigenvalue weighted by Crippen LogP contribution is -2.52. The second-order valence-corrected chi connectivity index (χ2v) is 6.39. The first-order valence-electron chi connectivity index (χ1n) is 8.66. The number of benzene rings is 1. The van der Waals surface area contributed by atoms with Gasteiger partial charge in [0.25, 0.3) is 5.91 Å². The van der Waals surface area contributed by atoms with Gasteiger partial charge in [-0.15, -0.1) is 0 Å². The fourth-order valence-electron chi connectivity index (χ4n) is 3.19. The number of hydrogen-bond acceptors (Lipinski definition) is 4. The number of morpholine rings is 1. The highest BCUT2D eigenvalue weighted by Crippen LogP contribution is 2.13. The SMILES string of the molecule is O=C(CN1CCOC(C(=O)N2CCCC2)C1)NCc1ccccc1. The summed E-state index contributed by atoms with van der Waals surface area (Å²) < 4.78 is 5.63. The molecule has 6 nitrogen and oxygen atoms in total. The molecule has 1 aromatic carbocycles. The van der Waals surface area contributed by atoms with E-state index in [1.165, 1.54) is 0 Å². The van der Waals surface area contributed by atoms with E-state index in [1.54, 1.807) is 0 Å². The van der Waals surface area contributed by atoms with Gasteiger partial charge >= 0.3 is 0 Å². The predicted octanol–water partition coefficient (Wildman–Crippen LogP) is 0.626. The summed E-state index contributed by atoms with van der Waals surface area (Å²) in [6.45, 7) is 4.17. The molecule has 2 heterocycles. The molecule has 1 N–H and O–H groups in total. The average molecular weight is 331 g/mol. The maximum Gasteiger partial charge on any atom is 0.253 e. The average Bonchev–Trinajstić information content (AvgIpc) is 3.15. The molecule has 2 saturated heterocycles. The highest BCUT2D eigenvalue weighted by atomic mass is 16.5. The molecule has 2 aliphatic heterocycles. The first-order valence-corrected chi connectivity index (χ1v) is 8.66. The van der Waals surface area contributed by atoms with E-state index in [1.807, 2.05) is 40.1 Å². The maximum atomic E-state index is 12.4. The number of ether oxygens (including phenoxy) is 1. The Balaban J connectivity index is 1.44. The van der Waals surface area contributed by atoms with Crippen LogP contribution in [0.1, 0.15) is 18.4 Å². The zero-order chi connectivity index (χ0) is 16.8. The fraction of sp³-hybridized carbons (Fsp3) is 0.556. The summed E-state index contributed by atoms with van der Waals surface area (Å²) in [4.78, 5) is 28.4. The van der Waals surface area contributed by atoms with E-state index in [4.69, 9.17) is 4.74 Å². The molecule has 0 bridgehead atoms. The van der Waals surface area contributed by atoms with Crippen LogP contribution in [0.3, 0.4) is 0 Å². The van der Waals surface area contributed by atoms with Crippen molar-refractivity contribution in [3.8, 4) is 0 Å². The van der Waals surface area contributed by atoms with Crippen molar-refractivity contribution in [3.63, 3.8) is 0 Å². The standard InChI is InChI=1S/C18H25N3O3/c22-17(19-12-15-6-2-1-3-7-15)14-20-10-11-24-16(13-20)18(23)21-8-4-5-9-21/h1-3,6-7,16H,4-5,8-14H2,(H,19,22). The number of carbonyl (C=O) groups is 2. The van der Waals surface area contributed by atoms with Gasteiger partial charge in [0, 0.05) is 32.7 Å². The van der Waals surface area contributed by atoms with Crippen LogP contribution < -0.4 is 5.32 Å². The van der Waals surface area contributed by atoms with Crippen LogP contribution in [0.2, 0.25) is 0 Å². The molecule has 130 valence electrons. The second-order valence-electron chi connectivity index (χ2n) is 6.39. The molecule has 2 fully saturated rings. The van der Waals surface area contributed by atoms with Gasteiger partial charge in [-0.2, -0.15) is 0 Å². The lowest BCUT2D eigenvalue weighted by molar-refractivity contribution is -0.149. The van der Waals surface area contributed by atoms with Gasteiger partial charge in [0.1, 0.15) is 6.10 Å². The zero-order valence-electron chi connectivity index (χ0n) is 13.9. The van der Waals surface area contributed by atoms with Crippen molar-refractivity contribution in [3.05, 3.63) is 35.9 Å². The monoisotopic (exact) mass is 331 g/mol. The van der Waals surface area contributed by atoms with Gasteiger partial charge < -0.3 is 15.0 Å². The van der Waals surface area contributed by atoms with E-state index in [0.717, 1.165) is 31.5 Å². The summed E-state index contributed by atoms with van der Waals surface area (Å²) in [6, 6.07) is 9.84. The van der Waals surface area contributed by atoms with E-state index < -0.39 is 6.10 Å². The van der Waals surface area contributed by atoms with Crippen molar-refractivity contribution in [2.24, 2.45) is 0 Å². The fourth-order valence-corrected chi connectivity index (χ4v) is 3.19. The highest BCUT2D eigenvalue weighted by Gasteiger charge is 2.31. The van der Waals surface area contributed by atoms with Gasteiger partial charge in [-0.1, -0.05) is 30.3 Å². The molecule has 24 heavy (non-hydrogen) atoms. The minimum absolute atomic E-state index is 0.0203. The molecule has 3 rings (SSSR count). The quantitative estimate of drug-likeness (QED) is 0.859. The number of likely N-dealkylation sites (tertiary alicyclic amines) is 1. The Kier molecular flexibility index (Phi) is 5.82. The van der Waals surface area contributed by atoms with Gasteiger partial charge in [0.2, 0.25) is 5.91 Å². The Bertz CT molecular complexity index is 558. The van der Waals surface area contributed by atoms with Crippen LogP contribution in [-0.2, 0) is 20.9 Å². The van der Waals surface area contributed by atoms with Gasteiger partial charge in [0.05, 0.1) is 13.2 Å². The van der Waals surface area contributed by atoms with Crippen molar-refractivity contribution in [1.29, 1.82) is 0 Å². The lowest BCUT2D eigenvalue weighted by Gasteiger charge is -2.33. The molecule has 6 heteroatoms. The summed E-state index contributed by atoms with van der Waals surface area (Å²) in [5.41, 5.74) is 1.08. The first kappa shape index (κ1) is 16.9. The van der Waals surface area contributed by atoms with Crippen LogP contribution >= 0.6 is 0 Å². The van der Waals surface area contributed by atoms with Crippen molar-refractivity contribution in [2.75, 3.05) is 39.3 Å². The Morgan fingerprint density at radius 3 is 2.62 bits per heavy atom. The molecule has 2 amide bonds. The van der Waals surface area contributed by atoms with Crippen LogP contribution in [0.4, 0.5) is 0 Å². The summed E-state index contributed by atoms with van der Waals surface area (Å²) in [5, 5.41) is 2.93. The van der Waals surface area contributed by atoms with Crippen LogP contribution in [0.25, 0.3) is 0 Å². The van der Waals surface area contributed by atoms with Crippen molar-refractivity contribution < 1.29 is 14.3 Å².